The first-order chi connectivity index (χ1) is 7.18. The fraction of sp³-hybridized carbons (Fsp3) is 0. The van der Waals surface area contributed by atoms with Gasteiger partial charge in [0, 0.05) is 11.8 Å². The molecule has 0 amide bonds. The minimum absolute atomic E-state index is 0.496. The largest absolute Gasteiger partial charge is 0.253 e. The van der Waals surface area contributed by atoms with Crippen molar-refractivity contribution < 1.29 is 0 Å². The smallest absolute Gasteiger partial charge is 0.0904 e. The Morgan fingerprint density at radius 1 is 0.933 bits per heavy atom. The highest BCUT2D eigenvalue weighted by Gasteiger charge is 2.08. The topological polar surface area (TPSA) is 12.9 Å². The van der Waals surface area contributed by atoms with Crippen LogP contribution in [0, 0.1) is 0 Å². The lowest BCUT2D eigenvalue weighted by molar-refractivity contribution is 1.33. The Labute approximate surface area is 103 Å². The molecule has 0 bridgehead atoms. The van der Waals surface area contributed by atoms with Crippen LogP contribution in [0.5, 0.6) is 0 Å². The molecular formula is C11H6Cl3N. The lowest BCUT2D eigenvalue weighted by atomic mass is 10.1. The Balaban J connectivity index is 2.60. The van der Waals surface area contributed by atoms with E-state index >= 15 is 0 Å². The molecule has 76 valence electrons. The van der Waals surface area contributed by atoms with E-state index < -0.39 is 0 Å². The Morgan fingerprint density at radius 2 is 1.67 bits per heavy atom. The van der Waals surface area contributed by atoms with Gasteiger partial charge in [-0.15, -0.1) is 0 Å². The van der Waals surface area contributed by atoms with E-state index in [0.29, 0.717) is 20.8 Å². The predicted octanol–water partition coefficient (Wildman–Crippen LogP) is 4.71. The van der Waals surface area contributed by atoms with Crippen molar-refractivity contribution in [3.63, 3.8) is 0 Å². The van der Waals surface area contributed by atoms with Gasteiger partial charge < -0.3 is 0 Å². The maximum Gasteiger partial charge on any atom is 0.0904 e. The molecule has 0 aliphatic heterocycles. The molecule has 0 saturated heterocycles. The fourth-order valence-electron chi connectivity index (χ4n) is 1.27. The van der Waals surface area contributed by atoms with Crippen LogP contribution in [0.25, 0.3) is 11.3 Å². The van der Waals surface area contributed by atoms with Crippen molar-refractivity contribution in [1.29, 1.82) is 0 Å². The van der Waals surface area contributed by atoms with E-state index in [0.717, 1.165) is 5.56 Å². The summed E-state index contributed by atoms with van der Waals surface area (Å²) in [5.41, 5.74) is 1.45. The molecule has 1 aromatic carbocycles. The average molecular weight is 259 g/mol. The van der Waals surface area contributed by atoms with Gasteiger partial charge in [-0.25, -0.2) is 0 Å². The molecule has 1 aromatic heterocycles. The highest BCUT2D eigenvalue weighted by atomic mass is 35.5. The molecule has 0 spiro atoms. The van der Waals surface area contributed by atoms with Crippen molar-refractivity contribution in [2.24, 2.45) is 0 Å². The van der Waals surface area contributed by atoms with Crippen LogP contribution < -0.4 is 0 Å². The van der Waals surface area contributed by atoms with Crippen molar-refractivity contribution in [3.8, 4) is 11.3 Å². The van der Waals surface area contributed by atoms with Crippen LogP contribution in [0.2, 0.25) is 15.1 Å². The molecule has 0 aliphatic carbocycles. The van der Waals surface area contributed by atoms with Gasteiger partial charge in [-0.3, -0.25) is 4.98 Å². The Bertz CT molecular complexity index is 497. The number of nitrogens with zero attached hydrogens (tertiary/aromatic N) is 1. The summed E-state index contributed by atoms with van der Waals surface area (Å²) in [6.07, 6.45) is 1.55. The van der Waals surface area contributed by atoms with E-state index in [4.69, 9.17) is 34.8 Å². The van der Waals surface area contributed by atoms with Crippen LogP contribution in [0.4, 0.5) is 0 Å². The van der Waals surface area contributed by atoms with Gasteiger partial charge >= 0.3 is 0 Å². The number of halogens is 3. The minimum atomic E-state index is 0.496. The van der Waals surface area contributed by atoms with E-state index in [1.807, 2.05) is 18.2 Å². The summed E-state index contributed by atoms with van der Waals surface area (Å²) in [6, 6.07) is 9.05. The van der Waals surface area contributed by atoms with E-state index in [1.165, 1.54) is 0 Å². The molecule has 0 unspecified atom stereocenters. The van der Waals surface area contributed by atoms with Gasteiger partial charge in [-0.2, -0.15) is 0 Å². The molecule has 1 heterocycles. The van der Waals surface area contributed by atoms with Crippen molar-refractivity contribution in [2.45, 2.75) is 0 Å². The lowest BCUT2D eigenvalue weighted by Gasteiger charge is -2.05. The molecule has 0 N–H and O–H groups in total. The Hall–Kier alpha value is -0.760. The maximum atomic E-state index is 6.04. The van der Waals surface area contributed by atoms with Crippen molar-refractivity contribution in [3.05, 3.63) is 51.6 Å². The van der Waals surface area contributed by atoms with Crippen LogP contribution in [-0.4, -0.2) is 4.98 Å². The maximum absolute atomic E-state index is 6.04. The van der Waals surface area contributed by atoms with Gasteiger partial charge in [-0.1, -0.05) is 53.0 Å². The third-order valence-electron chi connectivity index (χ3n) is 1.94. The number of rotatable bonds is 1. The molecular weight excluding hydrogens is 252 g/mol. The summed E-state index contributed by atoms with van der Waals surface area (Å²) in [5, 5.41) is 1.63. The van der Waals surface area contributed by atoms with Gasteiger partial charge in [0.2, 0.25) is 0 Å². The van der Waals surface area contributed by atoms with Crippen LogP contribution >= 0.6 is 34.8 Å². The van der Waals surface area contributed by atoms with Gasteiger partial charge in [-0.05, 0) is 12.1 Å². The third kappa shape index (κ3) is 2.25. The summed E-state index contributed by atoms with van der Waals surface area (Å²) in [7, 11) is 0. The molecule has 0 saturated carbocycles. The monoisotopic (exact) mass is 257 g/mol. The zero-order valence-electron chi connectivity index (χ0n) is 7.55. The Kier molecular flexibility index (Phi) is 3.15. The number of pyridine rings is 1. The van der Waals surface area contributed by atoms with Gasteiger partial charge in [0.25, 0.3) is 0 Å². The summed E-state index contributed by atoms with van der Waals surface area (Å²) >= 11 is 17.8. The van der Waals surface area contributed by atoms with E-state index in [-0.39, 0.29) is 0 Å². The van der Waals surface area contributed by atoms with Crippen molar-refractivity contribution in [2.75, 3.05) is 0 Å². The lowest BCUT2D eigenvalue weighted by Crippen LogP contribution is -1.85. The first-order valence-corrected chi connectivity index (χ1v) is 5.38. The zero-order valence-corrected chi connectivity index (χ0v) is 9.81. The zero-order chi connectivity index (χ0) is 10.8. The second-order valence-corrected chi connectivity index (χ2v) is 4.21. The third-order valence-corrected chi connectivity index (χ3v) is 2.76. The average Bonchev–Trinajstić information content (AvgIpc) is 2.20. The Morgan fingerprint density at radius 3 is 2.33 bits per heavy atom. The number of hydrogen-bond donors (Lipinski definition) is 0. The molecule has 0 aliphatic rings. The predicted molar refractivity (Wildman–Crippen MR) is 64.7 cm³/mol. The van der Waals surface area contributed by atoms with Crippen molar-refractivity contribution >= 4 is 34.8 Å². The first-order valence-electron chi connectivity index (χ1n) is 4.24. The SMILES string of the molecule is Clc1cnc(-c2ccccc2Cl)c(Cl)c1. The number of aromatic nitrogens is 1. The highest BCUT2D eigenvalue weighted by molar-refractivity contribution is 6.37. The second kappa shape index (κ2) is 4.40. The molecule has 4 heteroatoms. The van der Waals surface area contributed by atoms with Gasteiger partial charge in [0.15, 0.2) is 0 Å². The van der Waals surface area contributed by atoms with E-state index in [9.17, 15) is 0 Å². The van der Waals surface area contributed by atoms with Gasteiger partial charge in [0.1, 0.15) is 0 Å². The quantitative estimate of drug-likeness (QED) is 0.722. The summed E-state index contributed by atoms with van der Waals surface area (Å²) in [6.45, 7) is 0. The molecule has 2 rings (SSSR count). The summed E-state index contributed by atoms with van der Waals surface area (Å²) in [4.78, 5) is 4.16. The molecule has 2 aromatic rings. The summed E-state index contributed by atoms with van der Waals surface area (Å²) < 4.78 is 0. The van der Waals surface area contributed by atoms with Crippen LogP contribution in [0.3, 0.4) is 0 Å². The van der Waals surface area contributed by atoms with Crippen LogP contribution in [0.15, 0.2) is 36.5 Å². The fourth-order valence-corrected chi connectivity index (χ4v) is 1.97. The molecule has 0 atom stereocenters. The molecule has 15 heavy (non-hydrogen) atoms. The highest BCUT2D eigenvalue weighted by Crippen LogP contribution is 2.32. The van der Waals surface area contributed by atoms with Crippen molar-refractivity contribution in [1.82, 2.24) is 4.98 Å². The van der Waals surface area contributed by atoms with E-state index in [1.54, 1.807) is 18.3 Å². The summed E-state index contributed by atoms with van der Waals surface area (Å²) in [5.74, 6) is 0. The molecule has 1 nitrogen and oxygen atoms in total. The minimum Gasteiger partial charge on any atom is -0.253 e. The number of benzene rings is 1. The van der Waals surface area contributed by atoms with E-state index in [2.05, 4.69) is 4.98 Å². The van der Waals surface area contributed by atoms with Gasteiger partial charge in [0.05, 0.1) is 20.8 Å². The number of hydrogen-bond acceptors (Lipinski definition) is 1. The molecule has 0 fully saturated rings. The molecule has 0 radical (unpaired) electrons. The van der Waals surface area contributed by atoms with Crippen LogP contribution in [-0.2, 0) is 0 Å². The second-order valence-electron chi connectivity index (χ2n) is 2.96. The van der Waals surface area contributed by atoms with Crippen LogP contribution in [0.1, 0.15) is 0 Å². The standard InChI is InChI=1S/C11H6Cl3N/c12-7-5-10(14)11(15-6-7)8-3-1-2-4-9(8)13/h1-6H. The normalized spacial score (nSPS) is 10.3. The first kappa shape index (κ1) is 10.7.